The first-order chi connectivity index (χ1) is 9.60. The van der Waals surface area contributed by atoms with Crippen LogP contribution in [-0.4, -0.2) is 44.1 Å². The number of ether oxygens (including phenoxy) is 2. The molecule has 1 fully saturated rings. The molecule has 0 bridgehead atoms. The van der Waals surface area contributed by atoms with E-state index >= 15 is 0 Å². The summed E-state index contributed by atoms with van der Waals surface area (Å²) in [6.07, 6.45) is 2.66. The fourth-order valence-electron chi connectivity index (χ4n) is 2.58. The summed E-state index contributed by atoms with van der Waals surface area (Å²) in [4.78, 5) is 2.24. The maximum absolute atomic E-state index is 7.60. The second kappa shape index (κ2) is 6.72. The number of benzene rings is 1. The van der Waals surface area contributed by atoms with Crippen molar-refractivity contribution in [1.82, 2.24) is 4.90 Å². The molecule has 1 atom stereocenters. The van der Waals surface area contributed by atoms with Crippen molar-refractivity contribution in [2.45, 2.75) is 25.5 Å². The standard InChI is InChI=1S/C15H23N3O2/c1-18(10-12-4-3-7-20-12)9-11-5-6-14(19-2)13(8-11)15(16)17/h5-6,8,12H,3-4,7,9-10H2,1-2H3,(H3,16,17). The fraction of sp³-hybridized carbons (Fsp3) is 0.533. The molecule has 1 saturated heterocycles. The molecule has 1 aliphatic heterocycles. The first-order valence-electron chi connectivity index (χ1n) is 6.91. The molecule has 0 aliphatic carbocycles. The third-order valence-electron chi connectivity index (χ3n) is 3.55. The summed E-state index contributed by atoms with van der Waals surface area (Å²) in [6, 6.07) is 5.80. The second-order valence-electron chi connectivity index (χ2n) is 5.28. The number of hydrogen-bond acceptors (Lipinski definition) is 4. The van der Waals surface area contributed by atoms with Crippen LogP contribution in [0.1, 0.15) is 24.0 Å². The van der Waals surface area contributed by atoms with E-state index in [2.05, 4.69) is 11.9 Å². The first kappa shape index (κ1) is 14.8. The predicted octanol–water partition coefficient (Wildman–Crippen LogP) is 1.59. The van der Waals surface area contributed by atoms with Crippen molar-refractivity contribution in [3.8, 4) is 5.75 Å². The molecule has 1 aromatic rings. The van der Waals surface area contributed by atoms with Crippen LogP contribution in [0.4, 0.5) is 0 Å². The number of nitrogen functional groups attached to an aromatic ring is 1. The Morgan fingerprint density at radius 1 is 1.55 bits per heavy atom. The number of nitrogens with two attached hydrogens (primary N) is 1. The Labute approximate surface area is 120 Å². The van der Waals surface area contributed by atoms with Gasteiger partial charge in [-0.3, -0.25) is 10.3 Å². The van der Waals surface area contributed by atoms with Gasteiger partial charge in [-0.2, -0.15) is 0 Å². The van der Waals surface area contributed by atoms with Gasteiger partial charge >= 0.3 is 0 Å². The van der Waals surface area contributed by atoms with Gasteiger partial charge in [0.05, 0.1) is 18.8 Å². The average molecular weight is 277 g/mol. The zero-order chi connectivity index (χ0) is 14.5. The summed E-state index contributed by atoms with van der Waals surface area (Å²) in [5, 5.41) is 7.60. The Morgan fingerprint density at radius 3 is 2.95 bits per heavy atom. The van der Waals surface area contributed by atoms with E-state index in [0.717, 1.165) is 38.1 Å². The molecule has 20 heavy (non-hydrogen) atoms. The summed E-state index contributed by atoms with van der Waals surface area (Å²) in [6.45, 7) is 2.63. The van der Waals surface area contributed by atoms with Crippen molar-refractivity contribution in [2.75, 3.05) is 27.3 Å². The van der Waals surface area contributed by atoms with Gasteiger partial charge in [0.2, 0.25) is 0 Å². The third kappa shape index (κ3) is 3.71. The molecule has 5 nitrogen and oxygen atoms in total. The van der Waals surface area contributed by atoms with E-state index in [1.54, 1.807) is 7.11 Å². The average Bonchev–Trinajstić information content (AvgIpc) is 2.91. The molecule has 0 radical (unpaired) electrons. The van der Waals surface area contributed by atoms with Gasteiger partial charge in [-0.25, -0.2) is 0 Å². The number of methoxy groups -OCH3 is 1. The fourth-order valence-corrected chi connectivity index (χ4v) is 2.58. The molecule has 0 aromatic heterocycles. The Morgan fingerprint density at radius 2 is 2.35 bits per heavy atom. The molecule has 1 aromatic carbocycles. The van der Waals surface area contributed by atoms with E-state index in [-0.39, 0.29) is 5.84 Å². The summed E-state index contributed by atoms with van der Waals surface area (Å²) < 4.78 is 10.9. The zero-order valence-electron chi connectivity index (χ0n) is 12.2. The summed E-state index contributed by atoms with van der Waals surface area (Å²) in [5.74, 6) is 0.675. The maximum Gasteiger partial charge on any atom is 0.129 e. The minimum atomic E-state index is 0.0329. The van der Waals surface area contributed by atoms with Crippen LogP contribution in [0, 0.1) is 5.41 Å². The van der Waals surface area contributed by atoms with Crippen LogP contribution in [0.15, 0.2) is 18.2 Å². The molecule has 0 saturated carbocycles. The Kier molecular flexibility index (Phi) is 4.98. The van der Waals surface area contributed by atoms with Crippen molar-refractivity contribution in [2.24, 2.45) is 5.73 Å². The van der Waals surface area contributed by atoms with Gasteiger partial charge in [0, 0.05) is 19.7 Å². The monoisotopic (exact) mass is 277 g/mol. The highest BCUT2D eigenvalue weighted by molar-refractivity contribution is 5.97. The Balaban J connectivity index is 2.01. The van der Waals surface area contributed by atoms with Gasteiger partial charge in [0.15, 0.2) is 0 Å². The number of likely N-dealkylation sites (N-methyl/N-ethyl adjacent to an activating group) is 1. The van der Waals surface area contributed by atoms with Crippen molar-refractivity contribution in [3.63, 3.8) is 0 Å². The quantitative estimate of drug-likeness (QED) is 0.612. The lowest BCUT2D eigenvalue weighted by Gasteiger charge is -2.21. The molecular weight excluding hydrogens is 254 g/mol. The van der Waals surface area contributed by atoms with E-state index in [9.17, 15) is 0 Å². The predicted molar refractivity (Wildman–Crippen MR) is 79.3 cm³/mol. The molecule has 2 rings (SSSR count). The molecule has 0 spiro atoms. The summed E-state index contributed by atoms with van der Waals surface area (Å²) >= 11 is 0. The van der Waals surface area contributed by atoms with Gasteiger partial charge in [0.1, 0.15) is 11.6 Å². The van der Waals surface area contributed by atoms with Crippen molar-refractivity contribution in [1.29, 1.82) is 5.41 Å². The number of rotatable bonds is 6. The van der Waals surface area contributed by atoms with Gasteiger partial charge < -0.3 is 15.2 Å². The van der Waals surface area contributed by atoms with Crippen LogP contribution in [-0.2, 0) is 11.3 Å². The van der Waals surface area contributed by atoms with E-state index in [4.69, 9.17) is 20.6 Å². The molecule has 5 heteroatoms. The summed E-state index contributed by atoms with van der Waals surface area (Å²) in [5.41, 5.74) is 7.36. The van der Waals surface area contributed by atoms with Crippen LogP contribution in [0.5, 0.6) is 5.75 Å². The van der Waals surface area contributed by atoms with Crippen molar-refractivity contribution in [3.05, 3.63) is 29.3 Å². The van der Waals surface area contributed by atoms with Gasteiger partial charge in [0.25, 0.3) is 0 Å². The van der Waals surface area contributed by atoms with Crippen LogP contribution in [0.3, 0.4) is 0 Å². The van der Waals surface area contributed by atoms with Crippen LogP contribution in [0.25, 0.3) is 0 Å². The lowest BCUT2D eigenvalue weighted by atomic mass is 10.1. The highest BCUT2D eigenvalue weighted by Crippen LogP contribution is 2.20. The van der Waals surface area contributed by atoms with E-state index < -0.39 is 0 Å². The maximum atomic E-state index is 7.60. The molecule has 1 aliphatic rings. The topological polar surface area (TPSA) is 71.6 Å². The Hall–Kier alpha value is -1.59. The molecule has 1 heterocycles. The van der Waals surface area contributed by atoms with E-state index in [1.807, 2.05) is 18.2 Å². The van der Waals surface area contributed by atoms with Crippen molar-refractivity contribution < 1.29 is 9.47 Å². The SMILES string of the molecule is COc1ccc(CN(C)CC2CCCO2)cc1C(=N)N. The molecular formula is C15H23N3O2. The minimum absolute atomic E-state index is 0.0329. The molecule has 3 N–H and O–H groups in total. The number of nitrogens with one attached hydrogen (secondary N) is 1. The molecule has 1 unspecified atom stereocenters. The number of amidine groups is 1. The molecule has 110 valence electrons. The number of hydrogen-bond donors (Lipinski definition) is 2. The smallest absolute Gasteiger partial charge is 0.129 e. The minimum Gasteiger partial charge on any atom is -0.496 e. The third-order valence-corrected chi connectivity index (χ3v) is 3.55. The largest absolute Gasteiger partial charge is 0.496 e. The van der Waals surface area contributed by atoms with Crippen LogP contribution < -0.4 is 10.5 Å². The van der Waals surface area contributed by atoms with Gasteiger partial charge in [-0.15, -0.1) is 0 Å². The van der Waals surface area contributed by atoms with E-state index in [0.29, 0.717) is 17.4 Å². The van der Waals surface area contributed by atoms with Crippen LogP contribution >= 0.6 is 0 Å². The summed E-state index contributed by atoms with van der Waals surface area (Å²) in [7, 11) is 3.67. The van der Waals surface area contributed by atoms with Gasteiger partial charge in [-0.1, -0.05) is 6.07 Å². The number of nitrogens with zero attached hydrogens (tertiary/aromatic N) is 1. The first-order valence-corrected chi connectivity index (χ1v) is 6.91. The lowest BCUT2D eigenvalue weighted by Crippen LogP contribution is -2.28. The Bertz CT molecular complexity index is 470. The normalized spacial score (nSPS) is 18.4. The highest BCUT2D eigenvalue weighted by atomic mass is 16.5. The van der Waals surface area contributed by atoms with Gasteiger partial charge in [-0.05, 0) is 37.6 Å². The zero-order valence-corrected chi connectivity index (χ0v) is 12.2. The molecule has 0 amide bonds. The van der Waals surface area contributed by atoms with E-state index in [1.165, 1.54) is 0 Å². The second-order valence-corrected chi connectivity index (χ2v) is 5.28. The lowest BCUT2D eigenvalue weighted by molar-refractivity contribution is 0.0793. The van der Waals surface area contributed by atoms with Crippen molar-refractivity contribution >= 4 is 5.84 Å². The van der Waals surface area contributed by atoms with Crippen LogP contribution in [0.2, 0.25) is 0 Å². The highest BCUT2D eigenvalue weighted by Gasteiger charge is 2.17.